The summed E-state index contributed by atoms with van der Waals surface area (Å²) >= 11 is 0. The second-order valence-electron chi connectivity index (χ2n) is 5.60. The predicted octanol–water partition coefficient (Wildman–Crippen LogP) is 3.01. The minimum atomic E-state index is -0.808. The number of hydrogen-bond donors (Lipinski definition) is 1. The van der Waals surface area contributed by atoms with E-state index in [0.29, 0.717) is 12.8 Å². The number of rotatable bonds is 1. The van der Waals surface area contributed by atoms with Gasteiger partial charge in [-0.15, -0.1) is 0 Å². The second kappa shape index (κ2) is 4.58. The third-order valence-corrected chi connectivity index (χ3v) is 3.90. The average molecular weight is 257 g/mol. The van der Waals surface area contributed by atoms with Crippen LogP contribution < -0.4 is 0 Å². The maximum Gasteiger partial charge on any atom is 0.0951 e. The Bertz CT molecular complexity index is 581. The predicted molar refractivity (Wildman–Crippen MR) is 74.9 cm³/mol. The van der Waals surface area contributed by atoms with E-state index in [4.69, 9.17) is 4.74 Å². The fourth-order valence-electron chi connectivity index (χ4n) is 3.28. The summed E-state index contributed by atoms with van der Waals surface area (Å²) in [7, 11) is 0. The Morgan fingerprint density at radius 1 is 1.21 bits per heavy atom. The first-order valence-corrected chi connectivity index (χ1v) is 6.79. The quantitative estimate of drug-likeness (QED) is 0.854. The lowest BCUT2D eigenvalue weighted by atomic mass is 9.80. The van der Waals surface area contributed by atoms with Crippen LogP contribution in [0.3, 0.4) is 0 Å². The molecule has 3 rings (SSSR count). The highest BCUT2D eigenvalue weighted by Gasteiger charge is 2.39. The number of aromatic nitrogens is 1. The molecule has 1 fully saturated rings. The van der Waals surface area contributed by atoms with E-state index in [-0.39, 0.29) is 12.2 Å². The van der Waals surface area contributed by atoms with E-state index in [1.807, 2.05) is 44.3 Å². The fraction of sp³-hybridized carbons (Fsp3) is 0.438. The van der Waals surface area contributed by atoms with E-state index >= 15 is 0 Å². The first kappa shape index (κ1) is 12.6. The summed E-state index contributed by atoms with van der Waals surface area (Å²) < 4.78 is 5.74. The van der Waals surface area contributed by atoms with Crippen LogP contribution in [0.1, 0.15) is 32.3 Å². The first-order valence-electron chi connectivity index (χ1n) is 6.79. The molecule has 3 nitrogen and oxygen atoms in total. The van der Waals surface area contributed by atoms with Gasteiger partial charge in [0, 0.05) is 30.6 Å². The van der Waals surface area contributed by atoms with Gasteiger partial charge in [-0.3, -0.25) is 4.98 Å². The third kappa shape index (κ3) is 2.24. The van der Waals surface area contributed by atoms with Gasteiger partial charge in [-0.1, -0.05) is 18.2 Å². The molecule has 19 heavy (non-hydrogen) atoms. The Balaban J connectivity index is 2.12. The van der Waals surface area contributed by atoms with Crippen molar-refractivity contribution >= 4 is 10.8 Å². The lowest BCUT2D eigenvalue weighted by molar-refractivity contribution is -0.135. The van der Waals surface area contributed by atoms with Crippen molar-refractivity contribution in [2.75, 3.05) is 0 Å². The lowest BCUT2D eigenvalue weighted by Crippen LogP contribution is -2.41. The van der Waals surface area contributed by atoms with E-state index in [0.717, 1.165) is 16.3 Å². The van der Waals surface area contributed by atoms with Crippen LogP contribution in [-0.4, -0.2) is 22.3 Å². The number of aliphatic hydroxyl groups is 1. The average Bonchev–Trinajstić information content (AvgIpc) is 2.36. The zero-order valence-corrected chi connectivity index (χ0v) is 11.3. The van der Waals surface area contributed by atoms with Crippen molar-refractivity contribution in [3.05, 3.63) is 42.2 Å². The van der Waals surface area contributed by atoms with Crippen LogP contribution in [0.25, 0.3) is 10.8 Å². The van der Waals surface area contributed by atoms with Gasteiger partial charge in [0.1, 0.15) is 0 Å². The molecule has 1 aromatic carbocycles. The molecule has 0 amide bonds. The summed E-state index contributed by atoms with van der Waals surface area (Å²) in [6.45, 7) is 4.04. The zero-order valence-electron chi connectivity index (χ0n) is 11.3. The SMILES string of the molecule is CC1CC(O)(c2cccc3cnccc23)CC(C)O1. The lowest BCUT2D eigenvalue weighted by Gasteiger charge is -2.40. The molecule has 1 aromatic heterocycles. The molecule has 2 atom stereocenters. The molecule has 2 unspecified atom stereocenters. The Hall–Kier alpha value is -1.45. The number of fused-ring (bicyclic) bond motifs is 1. The van der Waals surface area contributed by atoms with Crippen molar-refractivity contribution in [3.8, 4) is 0 Å². The first-order chi connectivity index (χ1) is 9.08. The van der Waals surface area contributed by atoms with Gasteiger partial charge in [0.25, 0.3) is 0 Å². The van der Waals surface area contributed by atoms with Crippen LogP contribution in [-0.2, 0) is 10.3 Å². The zero-order chi connectivity index (χ0) is 13.5. The Labute approximate surface area is 113 Å². The molecule has 2 heterocycles. The van der Waals surface area contributed by atoms with Crippen molar-refractivity contribution in [1.29, 1.82) is 0 Å². The van der Waals surface area contributed by atoms with Crippen LogP contribution in [0.2, 0.25) is 0 Å². The topological polar surface area (TPSA) is 42.4 Å². The molecule has 1 saturated heterocycles. The number of ether oxygens (including phenoxy) is 1. The number of hydrogen-bond acceptors (Lipinski definition) is 3. The Kier molecular flexibility index (Phi) is 3.03. The highest BCUT2D eigenvalue weighted by molar-refractivity contribution is 5.85. The minimum absolute atomic E-state index is 0.0749. The van der Waals surface area contributed by atoms with Crippen molar-refractivity contribution in [2.24, 2.45) is 0 Å². The summed E-state index contributed by atoms with van der Waals surface area (Å²) in [5.74, 6) is 0. The molecule has 1 N–H and O–H groups in total. The summed E-state index contributed by atoms with van der Waals surface area (Å²) in [6.07, 6.45) is 5.05. The summed E-state index contributed by atoms with van der Waals surface area (Å²) in [6, 6.07) is 8.02. The fourth-order valence-corrected chi connectivity index (χ4v) is 3.28. The van der Waals surface area contributed by atoms with E-state index in [1.54, 1.807) is 6.20 Å². The summed E-state index contributed by atoms with van der Waals surface area (Å²) in [4.78, 5) is 4.15. The summed E-state index contributed by atoms with van der Waals surface area (Å²) in [5, 5.41) is 13.2. The van der Waals surface area contributed by atoms with Crippen LogP contribution in [0.15, 0.2) is 36.7 Å². The maximum atomic E-state index is 11.1. The molecule has 0 bridgehead atoms. The molecule has 0 spiro atoms. The molecular weight excluding hydrogens is 238 g/mol. The highest BCUT2D eigenvalue weighted by Crippen LogP contribution is 2.40. The van der Waals surface area contributed by atoms with E-state index < -0.39 is 5.60 Å². The van der Waals surface area contributed by atoms with Gasteiger partial charge in [-0.2, -0.15) is 0 Å². The van der Waals surface area contributed by atoms with Crippen LogP contribution >= 0.6 is 0 Å². The van der Waals surface area contributed by atoms with Gasteiger partial charge in [-0.05, 0) is 30.9 Å². The monoisotopic (exact) mass is 257 g/mol. The van der Waals surface area contributed by atoms with Crippen LogP contribution in [0, 0.1) is 0 Å². The Morgan fingerprint density at radius 3 is 2.68 bits per heavy atom. The number of pyridine rings is 1. The molecule has 1 aliphatic rings. The van der Waals surface area contributed by atoms with Crippen LogP contribution in [0.4, 0.5) is 0 Å². The molecule has 2 aromatic rings. The molecule has 1 aliphatic heterocycles. The van der Waals surface area contributed by atoms with Crippen molar-refractivity contribution in [2.45, 2.75) is 44.5 Å². The molecule has 0 saturated carbocycles. The van der Waals surface area contributed by atoms with Gasteiger partial charge >= 0.3 is 0 Å². The van der Waals surface area contributed by atoms with Crippen molar-refractivity contribution < 1.29 is 9.84 Å². The van der Waals surface area contributed by atoms with Crippen molar-refractivity contribution in [1.82, 2.24) is 4.98 Å². The highest BCUT2D eigenvalue weighted by atomic mass is 16.5. The molecule has 100 valence electrons. The normalized spacial score (nSPS) is 31.5. The van der Waals surface area contributed by atoms with E-state index in [2.05, 4.69) is 4.98 Å². The van der Waals surface area contributed by atoms with Crippen molar-refractivity contribution in [3.63, 3.8) is 0 Å². The largest absolute Gasteiger partial charge is 0.385 e. The summed E-state index contributed by atoms with van der Waals surface area (Å²) in [5.41, 5.74) is 0.187. The van der Waals surface area contributed by atoms with E-state index in [1.165, 1.54) is 0 Å². The second-order valence-corrected chi connectivity index (χ2v) is 5.60. The van der Waals surface area contributed by atoms with Gasteiger partial charge < -0.3 is 9.84 Å². The Morgan fingerprint density at radius 2 is 1.95 bits per heavy atom. The smallest absolute Gasteiger partial charge is 0.0951 e. The van der Waals surface area contributed by atoms with Gasteiger partial charge in [0.15, 0.2) is 0 Å². The van der Waals surface area contributed by atoms with E-state index in [9.17, 15) is 5.11 Å². The van der Waals surface area contributed by atoms with Gasteiger partial charge in [-0.25, -0.2) is 0 Å². The molecule has 3 heteroatoms. The van der Waals surface area contributed by atoms with Crippen LogP contribution in [0.5, 0.6) is 0 Å². The number of nitrogens with zero attached hydrogens (tertiary/aromatic N) is 1. The molecule has 0 aliphatic carbocycles. The van der Waals surface area contributed by atoms with Gasteiger partial charge in [0.2, 0.25) is 0 Å². The maximum absolute atomic E-state index is 11.1. The third-order valence-electron chi connectivity index (χ3n) is 3.90. The minimum Gasteiger partial charge on any atom is -0.385 e. The number of benzene rings is 1. The standard InChI is InChI=1S/C16H19NO2/c1-11-8-16(18,9-12(2)19-11)15-5-3-4-13-10-17-7-6-14(13)15/h3-7,10-12,18H,8-9H2,1-2H3. The molecule has 0 radical (unpaired) electrons. The van der Waals surface area contributed by atoms with Gasteiger partial charge in [0.05, 0.1) is 17.8 Å². The molecular formula is C16H19NO2.